The molecule has 1 heterocycles. The molecule has 0 aromatic heterocycles. The number of aryl methyl sites for hydroxylation is 1. The molecule has 0 spiro atoms. The van der Waals surface area contributed by atoms with Gasteiger partial charge in [0.05, 0.1) is 13.1 Å². The van der Waals surface area contributed by atoms with Crippen LogP contribution in [0.3, 0.4) is 0 Å². The number of nitrogens with one attached hydrogen (secondary N) is 1. The van der Waals surface area contributed by atoms with E-state index in [9.17, 15) is 4.79 Å². The lowest BCUT2D eigenvalue weighted by molar-refractivity contribution is 0.0433. The van der Waals surface area contributed by atoms with E-state index >= 15 is 0 Å². The van der Waals surface area contributed by atoms with Crippen molar-refractivity contribution in [2.75, 3.05) is 33.7 Å². The van der Waals surface area contributed by atoms with Gasteiger partial charge in [0.1, 0.15) is 11.9 Å². The van der Waals surface area contributed by atoms with Crippen molar-refractivity contribution in [1.29, 1.82) is 0 Å². The summed E-state index contributed by atoms with van der Waals surface area (Å²) in [7, 11) is 4.00. The van der Waals surface area contributed by atoms with Crippen LogP contribution in [-0.4, -0.2) is 61.7 Å². The SMILES string of the molecule is Cc1ccc(OC2CN(C(=O)NC(C)CN(C)C)C2)cc1. The highest BCUT2D eigenvalue weighted by molar-refractivity contribution is 5.75. The standard InChI is InChI=1S/C16H25N3O2/c1-12-5-7-14(8-6-12)21-15-10-19(11-15)16(20)17-13(2)9-18(3)4/h5-8,13,15H,9-11H2,1-4H3,(H,17,20). The molecule has 1 unspecified atom stereocenters. The number of carbonyl (C=O) groups is 1. The number of rotatable bonds is 5. The van der Waals surface area contributed by atoms with Gasteiger partial charge in [-0.1, -0.05) is 17.7 Å². The highest BCUT2D eigenvalue weighted by Gasteiger charge is 2.32. The third-order valence-electron chi connectivity index (χ3n) is 3.47. The van der Waals surface area contributed by atoms with Gasteiger partial charge in [0, 0.05) is 12.6 Å². The topological polar surface area (TPSA) is 44.8 Å². The van der Waals surface area contributed by atoms with Gasteiger partial charge in [-0.3, -0.25) is 0 Å². The van der Waals surface area contributed by atoms with E-state index in [0.29, 0.717) is 13.1 Å². The number of amides is 2. The molecule has 1 atom stereocenters. The van der Waals surface area contributed by atoms with Crippen LogP contribution in [0, 0.1) is 6.92 Å². The van der Waals surface area contributed by atoms with Crippen molar-refractivity contribution < 1.29 is 9.53 Å². The molecule has 1 N–H and O–H groups in total. The second-order valence-electron chi connectivity index (χ2n) is 6.07. The number of carbonyl (C=O) groups excluding carboxylic acids is 1. The minimum absolute atomic E-state index is 0.00638. The highest BCUT2D eigenvalue weighted by atomic mass is 16.5. The second-order valence-corrected chi connectivity index (χ2v) is 6.07. The summed E-state index contributed by atoms with van der Waals surface area (Å²) in [4.78, 5) is 15.8. The van der Waals surface area contributed by atoms with Crippen molar-refractivity contribution in [3.05, 3.63) is 29.8 Å². The molecule has 5 nitrogen and oxygen atoms in total. The fraction of sp³-hybridized carbons (Fsp3) is 0.562. The first-order valence-corrected chi connectivity index (χ1v) is 7.37. The highest BCUT2D eigenvalue weighted by Crippen LogP contribution is 2.18. The maximum atomic E-state index is 12.0. The number of hydrogen-bond donors (Lipinski definition) is 1. The first-order valence-electron chi connectivity index (χ1n) is 7.37. The van der Waals surface area contributed by atoms with E-state index in [-0.39, 0.29) is 18.2 Å². The van der Waals surface area contributed by atoms with E-state index in [1.165, 1.54) is 5.56 Å². The van der Waals surface area contributed by atoms with Crippen LogP contribution in [0.4, 0.5) is 4.79 Å². The normalized spacial score (nSPS) is 16.5. The van der Waals surface area contributed by atoms with Crippen LogP contribution in [0.1, 0.15) is 12.5 Å². The van der Waals surface area contributed by atoms with E-state index in [4.69, 9.17) is 4.74 Å². The maximum absolute atomic E-state index is 12.0. The van der Waals surface area contributed by atoms with Crippen molar-refractivity contribution in [3.8, 4) is 5.75 Å². The zero-order valence-corrected chi connectivity index (χ0v) is 13.3. The Labute approximate surface area is 126 Å². The van der Waals surface area contributed by atoms with Crippen LogP contribution in [-0.2, 0) is 0 Å². The summed E-state index contributed by atoms with van der Waals surface area (Å²) in [6, 6.07) is 8.13. The molecule has 0 radical (unpaired) electrons. The van der Waals surface area contributed by atoms with Crippen LogP contribution in [0.25, 0.3) is 0 Å². The summed E-state index contributed by atoms with van der Waals surface area (Å²) >= 11 is 0. The molecule has 1 aliphatic rings. The molecule has 1 aromatic rings. The molecule has 2 rings (SSSR count). The Morgan fingerprint density at radius 3 is 2.57 bits per heavy atom. The summed E-state index contributed by atoms with van der Waals surface area (Å²) < 4.78 is 5.83. The summed E-state index contributed by atoms with van der Waals surface area (Å²) in [6.07, 6.45) is 0.0996. The molecule has 5 heteroatoms. The van der Waals surface area contributed by atoms with E-state index in [0.717, 1.165) is 12.3 Å². The lowest BCUT2D eigenvalue weighted by Crippen LogP contribution is -2.60. The molecule has 0 aliphatic carbocycles. The molecule has 1 aromatic carbocycles. The largest absolute Gasteiger partial charge is 0.487 e. The molecule has 0 bridgehead atoms. The van der Waals surface area contributed by atoms with Crippen LogP contribution >= 0.6 is 0 Å². The Bertz CT molecular complexity index is 467. The summed E-state index contributed by atoms with van der Waals surface area (Å²) in [5.74, 6) is 0.867. The molecular weight excluding hydrogens is 266 g/mol. The number of ether oxygens (including phenoxy) is 1. The monoisotopic (exact) mass is 291 g/mol. The van der Waals surface area contributed by atoms with Crippen molar-refractivity contribution in [1.82, 2.24) is 15.1 Å². The fourth-order valence-corrected chi connectivity index (χ4v) is 2.38. The zero-order valence-electron chi connectivity index (χ0n) is 13.3. The first-order chi connectivity index (χ1) is 9.94. The van der Waals surface area contributed by atoms with Gasteiger partial charge in [0.15, 0.2) is 0 Å². The van der Waals surface area contributed by atoms with Gasteiger partial charge in [-0.15, -0.1) is 0 Å². The van der Waals surface area contributed by atoms with E-state index in [1.54, 1.807) is 4.90 Å². The van der Waals surface area contributed by atoms with E-state index < -0.39 is 0 Å². The second kappa shape index (κ2) is 6.80. The Morgan fingerprint density at radius 1 is 1.38 bits per heavy atom. The number of nitrogens with zero attached hydrogens (tertiary/aromatic N) is 2. The minimum atomic E-state index is -0.00638. The minimum Gasteiger partial charge on any atom is -0.487 e. The van der Waals surface area contributed by atoms with Crippen molar-refractivity contribution in [3.63, 3.8) is 0 Å². The predicted molar refractivity (Wildman–Crippen MR) is 83.7 cm³/mol. The summed E-state index contributed by atoms with van der Waals surface area (Å²) in [5, 5.41) is 2.99. The maximum Gasteiger partial charge on any atom is 0.317 e. The number of likely N-dealkylation sites (N-methyl/N-ethyl adjacent to an activating group) is 1. The van der Waals surface area contributed by atoms with E-state index in [2.05, 4.69) is 10.2 Å². The third-order valence-corrected chi connectivity index (χ3v) is 3.47. The van der Waals surface area contributed by atoms with Crippen LogP contribution < -0.4 is 10.1 Å². The van der Waals surface area contributed by atoms with Crippen LogP contribution in [0.5, 0.6) is 5.75 Å². The molecule has 1 saturated heterocycles. The Hall–Kier alpha value is -1.75. The molecular formula is C16H25N3O2. The van der Waals surface area contributed by atoms with Gasteiger partial charge in [-0.25, -0.2) is 4.79 Å². The Kier molecular flexibility index (Phi) is 5.07. The van der Waals surface area contributed by atoms with Gasteiger partial charge >= 0.3 is 6.03 Å². The van der Waals surface area contributed by atoms with Crippen molar-refractivity contribution in [2.45, 2.75) is 26.0 Å². The van der Waals surface area contributed by atoms with Gasteiger partial charge in [0.2, 0.25) is 0 Å². The number of benzene rings is 1. The molecule has 21 heavy (non-hydrogen) atoms. The number of hydrogen-bond acceptors (Lipinski definition) is 3. The Balaban J connectivity index is 1.71. The van der Waals surface area contributed by atoms with Crippen LogP contribution in [0.15, 0.2) is 24.3 Å². The molecule has 0 saturated carbocycles. The third kappa shape index (κ3) is 4.63. The van der Waals surface area contributed by atoms with Gasteiger partial charge in [-0.2, -0.15) is 0 Å². The molecule has 1 fully saturated rings. The van der Waals surface area contributed by atoms with Gasteiger partial charge in [-0.05, 0) is 40.1 Å². The smallest absolute Gasteiger partial charge is 0.317 e. The quantitative estimate of drug-likeness (QED) is 0.898. The summed E-state index contributed by atoms with van der Waals surface area (Å²) in [5.41, 5.74) is 1.21. The number of likely N-dealkylation sites (tertiary alicyclic amines) is 1. The van der Waals surface area contributed by atoms with Crippen molar-refractivity contribution in [2.24, 2.45) is 0 Å². The van der Waals surface area contributed by atoms with E-state index in [1.807, 2.05) is 52.2 Å². The predicted octanol–water partition coefficient (Wildman–Crippen LogP) is 1.72. The first kappa shape index (κ1) is 15.6. The molecule has 116 valence electrons. The molecule has 2 amide bonds. The molecule has 1 aliphatic heterocycles. The lowest BCUT2D eigenvalue weighted by atomic mass is 10.1. The fourth-order valence-electron chi connectivity index (χ4n) is 2.38. The zero-order chi connectivity index (χ0) is 15.4. The average Bonchev–Trinajstić information content (AvgIpc) is 2.34. The lowest BCUT2D eigenvalue weighted by Gasteiger charge is -2.39. The summed E-state index contributed by atoms with van der Waals surface area (Å²) in [6.45, 7) is 6.19. The Morgan fingerprint density at radius 2 is 2.00 bits per heavy atom. The number of urea groups is 1. The van der Waals surface area contributed by atoms with Crippen LogP contribution in [0.2, 0.25) is 0 Å². The van der Waals surface area contributed by atoms with Crippen molar-refractivity contribution >= 4 is 6.03 Å². The average molecular weight is 291 g/mol. The van der Waals surface area contributed by atoms with Gasteiger partial charge in [0.25, 0.3) is 0 Å². The van der Waals surface area contributed by atoms with Gasteiger partial charge < -0.3 is 19.9 Å².